The molecule has 1 aromatic heterocycles. The number of aliphatic carboxylic acids is 1. The number of carboxylic acids is 1. The average Bonchev–Trinajstić information content (AvgIpc) is 3.43. The first-order valence-electron chi connectivity index (χ1n) is 16.1. The highest BCUT2D eigenvalue weighted by Crippen LogP contribution is 2.42. The highest BCUT2D eigenvalue weighted by Gasteiger charge is 2.47. The molecule has 1 saturated heterocycles. The molecule has 0 unspecified atom stereocenters. The van der Waals surface area contributed by atoms with E-state index in [1.54, 1.807) is 0 Å². The molecule has 2 N–H and O–H groups in total. The highest BCUT2D eigenvalue weighted by molar-refractivity contribution is 6.30. The maximum absolute atomic E-state index is 14.9. The minimum absolute atomic E-state index is 0.0392. The van der Waals surface area contributed by atoms with Crippen LogP contribution >= 0.6 is 11.6 Å². The van der Waals surface area contributed by atoms with E-state index in [4.69, 9.17) is 21.4 Å². The van der Waals surface area contributed by atoms with Crippen LogP contribution in [0.3, 0.4) is 0 Å². The third-order valence-electron chi connectivity index (χ3n) is 9.34. The van der Waals surface area contributed by atoms with Gasteiger partial charge in [-0.3, -0.25) is 23.6 Å². The Balaban J connectivity index is 1.38. The topological polar surface area (TPSA) is 106 Å². The Morgan fingerprint density at radius 2 is 1.67 bits per heavy atom. The Morgan fingerprint density at radius 3 is 2.35 bits per heavy atom. The number of benzene rings is 3. The van der Waals surface area contributed by atoms with Gasteiger partial charge < -0.3 is 15.2 Å². The summed E-state index contributed by atoms with van der Waals surface area (Å²) in [4.78, 5) is 42.1. The van der Waals surface area contributed by atoms with Crippen LogP contribution in [0.1, 0.15) is 59.7 Å². The van der Waals surface area contributed by atoms with Crippen LogP contribution in [0.15, 0.2) is 82.4 Å². The van der Waals surface area contributed by atoms with Crippen molar-refractivity contribution in [2.24, 2.45) is 0 Å². The first-order valence-corrected chi connectivity index (χ1v) is 16.4. The smallest absolute Gasteiger partial charge is 0.331 e. The zero-order valence-electron chi connectivity index (χ0n) is 26.3. The van der Waals surface area contributed by atoms with Crippen molar-refractivity contribution in [2.45, 2.75) is 63.6 Å². The molecule has 0 saturated carbocycles. The predicted octanol–water partition coefficient (Wildman–Crippen LogP) is 5.21. The molecule has 2 aliphatic heterocycles. The predicted molar refractivity (Wildman–Crippen MR) is 177 cm³/mol. The lowest BCUT2D eigenvalue weighted by Gasteiger charge is -2.39. The van der Waals surface area contributed by atoms with E-state index in [1.807, 2.05) is 54.6 Å². The van der Waals surface area contributed by atoms with E-state index in [0.29, 0.717) is 61.7 Å². The molecule has 0 radical (unpaired) electrons. The van der Waals surface area contributed by atoms with E-state index in [-0.39, 0.29) is 25.1 Å². The van der Waals surface area contributed by atoms with Crippen molar-refractivity contribution in [2.75, 3.05) is 19.6 Å². The van der Waals surface area contributed by atoms with Crippen LogP contribution in [0.5, 0.6) is 0 Å². The van der Waals surface area contributed by atoms with Gasteiger partial charge in [-0.05, 0) is 61.2 Å². The van der Waals surface area contributed by atoms with Gasteiger partial charge in [0.2, 0.25) is 0 Å². The monoisotopic (exact) mass is 678 g/mol. The van der Waals surface area contributed by atoms with Crippen LogP contribution < -0.4 is 16.6 Å². The zero-order chi connectivity index (χ0) is 33.8. The molecule has 1 fully saturated rings. The molecular formula is C36H37ClF2N4O5. The third-order valence-corrected chi connectivity index (χ3v) is 9.57. The quantitative estimate of drug-likeness (QED) is 0.198. The van der Waals surface area contributed by atoms with Crippen molar-refractivity contribution in [3.63, 3.8) is 0 Å². The molecule has 1 atom stereocenters. The fraction of sp³-hybridized carbons (Fsp3) is 0.361. The van der Waals surface area contributed by atoms with Crippen LogP contribution in [0.2, 0.25) is 5.02 Å². The van der Waals surface area contributed by atoms with Crippen LogP contribution in [0.25, 0.3) is 0 Å². The van der Waals surface area contributed by atoms with E-state index in [0.717, 1.165) is 27.8 Å². The SMILES string of the molecule is O=C(O)CCCN[C@@H](Cn1c(=O)c2c(n(Cc3c(F)cccc3F)c1=O)COC21CCN(Cc2cccc(Cl)c2)CC1)c1ccccc1. The van der Waals surface area contributed by atoms with Gasteiger partial charge in [-0.15, -0.1) is 0 Å². The standard InChI is InChI=1S/C36H37ClF2N4O5/c37-26-10-4-7-24(19-26)20-41-17-14-36(15-18-41)33-31(23-48-36)42(21-27-28(38)11-5-12-29(27)39)35(47)43(34(33)46)22-30(25-8-2-1-3-9-25)40-16-6-13-32(44)45/h1-5,7-12,19,30,40H,6,13-18,20-23H2,(H,44,45)/t30-/m0/s1. The molecule has 6 rings (SSSR count). The maximum atomic E-state index is 14.9. The Labute approximate surface area is 281 Å². The highest BCUT2D eigenvalue weighted by atomic mass is 35.5. The van der Waals surface area contributed by atoms with Crippen molar-refractivity contribution < 1.29 is 23.4 Å². The summed E-state index contributed by atoms with van der Waals surface area (Å²) in [5.74, 6) is -2.51. The molecule has 12 heteroatoms. The van der Waals surface area contributed by atoms with Crippen molar-refractivity contribution >= 4 is 17.6 Å². The second kappa shape index (κ2) is 14.5. The van der Waals surface area contributed by atoms with Crippen molar-refractivity contribution in [1.29, 1.82) is 0 Å². The first-order chi connectivity index (χ1) is 23.1. The minimum atomic E-state index is -0.973. The van der Waals surface area contributed by atoms with E-state index in [9.17, 15) is 23.2 Å². The summed E-state index contributed by atoms with van der Waals surface area (Å²) in [5, 5.41) is 13.1. The lowest BCUT2D eigenvalue weighted by molar-refractivity contribution is -0.137. The molecule has 48 heavy (non-hydrogen) atoms. The van der Waals surface area contributed by atoms with Gasteiger partial charge in [0, 0.05) is 36.6 Å². The summed E-state index contributed by atoms with van der Waals surface area (Å²) >= 11 is 6.20. The van der Waals surface area contributed by atoms with Gasteiger partial charge in [0.25, 0.3) is 5.56 Å². The molecule has 0 bridgehead atoms. The molecule has 0 amide bonds. The van der Waals surface area contributed by atoms with Crippen LogP contribution in [0.4, 0.5) is 8.78 Å². The number of rotatable bonds is 12. The van der Waals surface area contributed by atoms with Crippen molar-refractivity contribution in [3.05, 3.63) is 138 Å². The van der Waals surface area contributed by atoms with Gasteiger partial charge in [0.15, 0.2) is 0 Å². The average molecular weight is 679 g/mol. The number of carboxylic acid groups (broad SMARTS) is 1. The van der Waals surface area contributed by atoms with Gasteiger partial charge in [-0.25, -0.2) is 13.6 Å². The fourth-order valence-corrected chi connectivity index (χ4v) is 7.04. The number of piperidine rings is 1. The number of halogens is 3. The van der Waals surface area contributed by atoms with Gasteiger partial charge in [-0.2, -0.15) is 0 Å². The van der Waals surface area contributed by atoms with E-state index in [1.165, 1.54) is 10.6 Å². The molecule has 1 spiro atoms. The van der Waals surface area contributed by atoms with Crippen LogP contribution in [0, 0.1) is 11.6 Å². The number of likely N-dealkylation sites (tertiary alicyclic amines) is 1. The summed E-state index contributed by atoms with van der Waals surface area (Å²) < 4.78 is 38.7. The molecule has 0 aliphatic carbocycles. The second-order valence-electron chi connectivity index (χ2n) is 12.4. The molecule has 3 heterocycles. The number of ether oxygens (including phenoxy) is 1. The number of fused-ring (bicyclic) bond motifs is 2. The van der Waals surface area contributed by atoms with E-state index in [2.05, 4.69) is 10.2 Å². The van der Waals surface area contributed by atoms with Gasteiger partial charge in [-0.1, -0.05) is 60.1 Å². The number of hydrogen-bond acceptors (Lipinski definition) is 6. The molecule has 9 nitrogen and oxygen atoms in total. The summed E-state index contributed by atoms with van der Waals surface area (Å²) in [6, 6.07) is 19.9. The fourth-order valence-electron chi connectivity index (χ4n) is 6.83. The van der Waals surface area contributed by atoms with Crippen LogP contribution in [-0.2, 0) is 41.4 Å². The Morgan fingerprint density at radius 1 is 0.958 bits per heavy atom. The summed E-state index contributed by atoms with van der Waals surface area (Å²) in [6.07, 6.45) is 1.27. The normalized spacial score (nSPS) is 16.2. The lowest BCUT2D eigenvalue weighted by Crippen LogP contribution is -2.50. The summed E-state index contributed by atoms with van der Waals surface area (Å²) in [5.41, 5.74) is 0.0959. The number of aromatic nitrogens is 2. The second-order valence-corrected chi connectivity index (χ2v) is 12.8. The largest absolute Gasteiger partial charge is 0.481 e. The van der Waals surface area contributed by atoms with E-state index >= 15 is 0 Å². The van der Waals surface area contributed by atoms with Gasteiger partial charge >= 0.3 is 11.7 Å². The van der Waals surface area contributed by atoms with E-state index < -0.39 is 47.0 Å². The minimum Gasteiger partial charge on any atom is -0.481 e. The molecule has 4 aromatic rings. The molecular weight excluding hydrogens is 642 g/mol. The van der Waals surface area contributed by atoms with Crippen molar-refractivity contribution in [1.82, 2.24) is 19.4 Å². The Kier molecular flexibility index (Phi) is 10.2. The number of nitrogens with zero attached hydrogens (tertiary/aromatic N) is 3. The van der Waals surface area contributed by atoms with Gasteiger partial charge in [0.1, 0.15) is 17.2 Å². The first kappa shape index (κ1) is 33.7. The Bertz CT molecular complexity index is 1890. The summed E-state index contributed by atoms with van der Waals surface area (Å²) in [6.45, 7) is 1.69. The zero-order valence-corrected chi connectivity index (χ0v) is 27.1. The number of hydrogen-bond donors (Lipinski definition) is 2. The Hall–Kier alpha value is -4.16. The third kappa shape index (κ3) is 7.14. The molecule has 2 aliphatic rings. The number of carbonyl (C=O) groups is 1. The molecule has 252 valence electrons. The lowest BCUT2D eigenvalue weighted by atomic mass is 9.85. The number of nitrogens with one attached hydrogen (secondary N) is 1. The summed E-state index contributed by atoms with van der Waals surface area (Å²) in [7, 11) is 0. The van der Waals surface area contributed by atoms with Crippen molar-refractivity contribution in [3.8, 4) is 0 Å². The van der Waals surface area contributed by atoms with Gasteiger partial charge in [0.05, 0.1) is 37.0 Å². The maximum Gasteiger partial charge on any atom is 0.331 e. The van der Waals surface area contributed by atoms with Crippen LogP contribution in [-0.4, -0.2) is 44.7 Å². The molecule has 3 aromatic carbocycles.